The van der Waals surface area contributed by atoms with Crippen LogP contribution in [0.15, 0.2) is 80.4 Å². The van der Waals surface area contributed by atoms with Crippen molar-refractivity contribution in [2.75, 3.05) is 13.2 Å². The third-order valence-corrected chi connectivity index (χ3v) is 5.80. The van der Waals surface area contributed by atoms with Gasteiger partial charge < -0.3 is 18.6 Å². The van der Waals surface area contributed by atoms with Gasteiger partial charge in [0.15, 0.2) is 12.4 Å². The second kappa shape index (κ2) is 11.2. The fourth-order valence-corrected chi connectivity index (χ4v) is 3.66. The lowest BCUT2D eigenvalue weighted by Crippen LogP contribution is -2.12. The van der Waals surface area contributed by atoms with Crippen molar-refractivity contribution in [3.05, 3.63) is 98.3 Å². The highest BCUT2D eigenvalue weighted by atomic mass is 79.9. The maximum atomic E-state index is 13.1. The Balaban J connectivity index is 1.49. The fourth-order valence-electron chi connectivity index (χ4n) is 3.40. The summed E-state index contributed by atoms with van der Waals surface area (Å²) in [6.45, 7) is 3.74. The Bertz CT molecular complexity index is 1450. The van der Waals surface area contributed by atoms with Crippen LogP contribution in [0.25, 0.3) is 11.0 Å². The molecule has 4 rings (SSSR count). The van der Waals surface area contributed by atoms with E-state index in [4.69, 9.17) is 18.6 Å². The molecule has 0 aliphatic rings. The van der Waals surface area contributed by atoms with Crippen molar-refractivity contribution in [2.45, 2.75) is 20.3 Å². The number of hydrogen-bond acceptors (Lipinski definition) is 7. The minimum Gasteiger partial charge on any atom is -0.485 e. The van der Waals surface area contributed by atoms with Crippen LogP contribution in [0.1, 0.15) is 39.8 Å². The maximum absolute atomic E-state index is 13.1. The Morgan fingerprint density at radius 1 is 0.917 bits per heavy atom. The van der Waals surface area contributed by atoms with Gasteiger partial charge in [-0.05, 0) is 61.9 Å². The highest BCUT2D eigenvalue weighted by Crippen LogP contribution is 2.28. The second-order valence-electron chi connectivity index (χ2n) is 7.96. The fraction of sp³-hybridized carbons (Fsp3) is 0.179. The van der Waals surface area contributed by atoms with E-state index in [9.17, 15) is 14.4 Å². The number of carbonyl (C=O) groups excluding carboxylic acids is 2. The largest absolute Gasteiger partial charge is 0.485 e. The van der Waals surface area contributed by atoms with E-state index in [2.05, 4.69) is 15.9 Å². The SMILES string of the molecule is CCCOC(=O)c1ccc(Oc2c(C)oc3cc(OCC(=O)c4ccc(Br)cc4)ccc3c2=O)cc1. The van der Waals surface area contributed by atoms with Crippen LogP contribution in [0.3, 0.4) is 0 Å². The zero-order valence-corrected chi connectivity index (χ0v) is 21.3. The standard InChI is InChI=1S/C28H23BrO7/c1-3-14-33-28(32)19-6-10-21(11-7-19)36-27-17(2)35-25-15-22(12-13-23(25)26(27)31)34-16-24(30)18-4-8-20(29)9-5-18/h4-13,15H,3,14,16H2,1-2H3. The first-order valence-corrected chi connectivity index (χ1v) is 12.1. The van der Waals surface area contributed by atoms with Crippen LogP contribution in [-0.4, -0.2) is 25.0 Å². The summed E-state index contributed by atoms with van der Waals surface area (Å²) in [6.07, 6.45) is 0.738. The van der Waals surface area contributed by atoms with Gasteiger partial charge >= 0.3 is 5.97 Å². The van der Waals surface area contributed by atoms with E-state index in [1.165, 1.54) is 0 Å². The predicted molar refractivity (Wildman–Crippen MR) is 138 cm³/mol. The highest BCUT2D eigenvalue weighted by Gasteiger charge is 2.16. The lowest BCUT2D eigenvalue weighted by molar-refractivity contribution is 0.0505. The molecule has 0 aliphatic carbocycles. The van der Waals surface area contributed by atoms with E-state index in [1.54, 1.807) is 73.7 Å². The van der Waals surface area contributed by atoms with Gasteiger partial charge in [-0.25, -0.2) is 4.79 Å². The molecule has 0 N–H and O–H groups in total. The number of hydrogen-bond donors (Lipinski definition) is 0. The Labute approximate surface area is 215 Å². The molecule has 0 atom stereocenters. The van der Waals surface area contributed by atoms with E-state index in [1.807, 2.05) is 6.92 Å². The summed E-state index contributed by atoms with van der Waals surface area (Å²) in [5.41, 5.74) is 0.892. The number of fused-ring (bicyclic) bond motifs is 1. The molecule has 0 radical (unpaired) electrons. The summed E-state index contributed by atoms with van der Waals surface area (Å²) < 4.78 is 23.2. The van der Waals surface area contributed by atoms with E-state index in [0.29, 0.717) is 40.2 Å². The predicted octanol–water partition coefficient (Wildman–Crippen LogP) is 6.48. The molecule has 0 unspecified atom stereocenters. The monoisotopic (exact) mass is 550 g/mol. The van der Waals surface area contributed by atoms with Crippen molar-refractivity contribution in [3.8, 4) is 17.2 Å². The van der Waals surface area contributed by atoms with E-state index < -0.39 is 5.97 Å². The molecule has 0 saturated heterocycles. The first kappa shape index (κ1) is 25.2. The lowest BCUT2D eigenvalue weighted by Gasteiger charge is -2.11. The quantitative estimate of drug-likeness (QED) is 0.174. The van der Waals surface area contributed by atoms with Gasteiger partial charge in [0, 0.05) is 16.1 Å². The van der Waals surface area contributed by atoms with E-state index >= 15 is 0 Å². The van der Waals surface area contributed by atoms with Crippen molar-refractivity contribution >= 4 is 38.7 Å². The first-order valence-electron chi connectivity index (χ1n) is 11.3. The number of carbonyl (C=O) groups is 2. The molecule has 184 valence electrons. The summed E-state index contributed by atoms with van der Waals surface area (Å²) >= 11 is 3.34. The Kier molecular flexibility index (Phi) is 7.85. The average Bonchev–Trinajstić information content (AvgIpc) is 2.89. The molecule has 8 heteroatoms. The second-order valence-corrected chi connectivity index (χ2v) is 8.87. The minimum absolute atomic E-state index is 0.0443. The van der Waals surface area contributed by atoms with Crippen molar-refractivity contribution in [1.82, 2.24) is 0 Å². The summed E-state index contributed by atoms with van der Waals surface area (Å²) in [7, 11) is 0. The van der Waals surface area contributed by atoms with Crippen LogP contribution in [0.2, 0.25) is 0 Å². The molecule has 36 heavy (non-hydrogen) atoms. The zero-order valence-electron chi connectivity index (χ0n) is 19.7. The van der Waals surface area contributed by atoms with Gasteiger partial charge in [-0.2, -0.15) is 0 Å². The number of ether oxygens (including phenoxy) is 3. The van der Waals surface area contributed by atoms with Crippen molar-refractivity contribution in [3.63, 3.8) is 0 Å². The Morgan fingerprint density at radius 2 is 1.58 bits per heavy atom. The normalized spacial score (nSPS) is 10.8. The number of rotatable bonds is 9. The molecule has 0 fully saturated rings. The van der Waals surface area contributed by atoms with Crippen molar-refractivity contribution in [1.29, 1.82) is 0 Å². The molecule has 1 heterocycles. The van der Waals surface area contributed by atoms with Gasteiger partial charge in [-0.3, -0.25) is 9.59 Å². The zero-order chi connectivity index (χ0) is 25.7. The van der Waals surface area contributed by atoms with Crippen LogP contribution in [-0.2, 0) is 4.74 Å². The van der Waals surface area contributed by atoms with Gasteiger partial charge in [0.1, 0.15) is 22.8 Å². The van der Waals surface area contributed by atoms with Gasteiger partial charge in [0.05, 0.1) is 17.6 Å². The van der Waals surface area contributed by atoms with Gasteiger partial charge in [0.25, 0.3) is 0 Å². The van der Waals surface area contributed by atoms with Crippen LogP contribution in [0, 0.1) is 6.92 Å². The smallest absolute Gasteiger partial charge is 0.338 e. The van der Waals surface area contributed by atoms with E-state index in [-0.39, 0.29) is 29.3 Å². The molecular weight excluding hydrogens is 528 g/mol. The molecule has 4 aromatic rings. The van der Waals surface area contributed by atoms with Gasteiger partial charge in [0.2, 0.25) is 11.2 Å². The van der Waals surface area contributed by atoms with Crippen LogP contribution in [0.4, 0.5) is 0 Å². The summed E-state index contributed by atoms with van der Waals surface area (Å²) in [5.74, 6) is 0.512. The highest BCUT2D eigenvalue weighted by molar-refractivity contribution is 9.10. The summed E-state index contributed by atoms with van der Waals surface area (Å²) in [6, 6.07) is 18.1. The summed E-state index contributed by atoms with van der Waals surface area (Å²) in [4.78, 5) is 37.4. The molecule has 0 spiro atoms. The Morgan fingerprint density at radius 3 is 2.28 bits per heavy atom. The number of halogens is 1. The maximum Gasteiger partial charge on any atom is 0.338 e. The van der Waals surface area contributed by atoms with Crippen LogP contribution < -0.4 is 14.9 Å². The molecular formula is C28H23BrO7. The molecule has 0 bridgehead atoms. The molecule has 1 aromatic heterocycles. The number of ketones is 1. The molecule has 0 saturated carbocycles. The third-order valence-electron chi connectivity index (χ3n) is 5.27. The van der Waals surface area contributed by atoms with Crippen molar-refractivity contribution < 1.29 is 28.2 Å². The molecule has 0 aliphatic heterocycles. The van der Waals surface area contributed by atoms with Crippen molar-refractivity contribution in [2.24, 2.45) is 0 Å². The van der Waals surface area contributed by atoms with Gasteiger partial charge in [-0.15, -0.1) is 0 Å². The minimum atomic E-state index is -0.415. The molecule has 7 nitrogen and oxygen atoms in total. The van der Waals surface area contributed by atoms with Gasteiger partial charge in [-0.1, -0.05) is 35.0 Å². The van der Waals surface area contributed by atoms with Crippen LogP contribution in [0.5, 0.6) is 17.2 Å². The summed E-state index contributed by atoms with van der Waals surface area (Å²) in [5, 5.41) is 0.307. The topological polar surface area (TPSA) is 92.0 Å². The molecule has 3 aromatic carbocycles. The Hall–Kier alpha value is -3.91. The van der Waals surface area contributed by atoms with E-state index in [0.717, 1.165) is 10.9 Å². The van der Waals surface area contributed by atoms with Crippen LogP contribution >= 0.6 is 15.9 Å². The third kappa shape index (κ3) is 5.83. The number of aryl methyl sites for hydroxylation is 1. The number of esters is 1. The number of Topliss-reactive ketones (excluding diaryl/α,β-unsaturated/α-hetero) is 1. The average molecular weight is 551 g/mol. The molecule has 0 amide bonds. The first-order chi connectivity index (χ1) is 17.4. The number of benzene rings is 3. The lowest BCUT2D eigenvalue weighted by atomic mass is 10.1.